The standard InChI is InChI=1S/C6H5N3S/c10-6-5-3-7-4-9(5)2-1-8-6/h1-4H,(H,8,10). The summed E-state index contributed by atoms with van der Waals surface area (Å²) in [6.45, 7) is 0. The van der Waals surface area contributed by atoms with Crippen LogP contribution in [0, 0.1) is 0 Å². The predicted octanol–water partition coefficient (Wildman–Crippen LogP) is 1.02. The summed E-state index contributed by atoms with van der Waals surface area (Å²) >= 11 is 4.14. The van der Waals surface area contributed by atoms with Crippen LogP contribution in [0.25, 0.3) is 5.52 Å². The van der Waals surface area contributed by atoms with Crippen molar-refractivity contribution in [2.75, 3.05) is 0 Å². The lowest BCUT2D eigenvalue weighted by molar-refractivity contribution is 1.05. The Bertz CT molecular complexity index is 355. The fourth-order valence-electron chi connectivity index (χ4n) is 0.839. The van der Waals surface area contributed by atoms with Crippen molar-refractivity contribution in [3.63, 3.8) is 0 Å². The molecule has 0 saturated heterocycles. The second-order valence-electron chi connectivity index (χ2n) is 1.94. The highest BCUT2D eigenvalue weighted by atomic mass is 32.1. The summed E-state index contributed by atoms with van der Waals surface area (Å²) in [7, 11) is 0. The van der Waals surface area contributed by atoms with Crippen molar-refractivity contribution in [1.82, 2.24) is 14.4 Å². The Morgan fingerprint density at radius 2 is 2.40 bits per heavy atom. The zero-order valence-corrected chi connectivity index (χ0v) is 5.99. The molecule has 0 radical (unpaired) electrons. The number of aromatic nitrogens is 3. The summed E-state index contributed by atoms with van der Waals surface area (Å²) in [5, 5.41) is 0.708. The molecule has 0 aliphatic heterocycles. The Kier molecular flexibility index (Phi) is 1.14. The second kappa shape index (κ2) is 1.98. The Labute approximate surface area is 63.1 Å². The normalized spacial score (nSPS) is 10.5. The van der Waals surface area contributed by atoms with Crippen LogP contribution in [0.2, 0.25) is 0 Å². The van der Waals surface area contributed by atoms with E-state index >= 15 is 0 Å². The van der Waals surface area contributed by atoms with Crippen LogP contribution in [0.3, 0.4) is 0 Å². The van der Waals surface area contributed by atoms with Crippen LogP contribution >= 0.6 is 12.6 Å². The largest absolute Gasteiger partial charge is 0.302 e. The average Bonchev–Trinajstić information content (AvgIpc) is 2.36. The van der Waals surface area contributed by atoms with Crippen LogP contribution in [0.1, 0.15) is 0 Å². The van der Waals surface area contributed by atoms with Gasteiger partial charge in [-0.3, -0.25) is 0 Å². The molecule has 0 aliphatic rings. The van der Waals surface area contributed by atoms with Crippen LogP contribution in [-0.4, -0.2) is 14.4 Å². The quantitative estimate of drug-likeness (QED) is 0.570. The number of hydrogen-bond acceptors (Lipinski definition) is 3. The first-order chi connectivity index (χ1) is 4.88. The van der Waals surface area contributed by atoms with Gasteiger partial charge in [0.2, 0.25) is 0 Å². The maximum absolute atomic E-state index is 4.14. The van der Waals surface area contributed by atoms with Gasteiger partial charge in [0, 0.05) is 12.4 Å². The summed E-state index contributed by atoms with van der Waals surface area (Å²) in [6, 6.07) is 0. The summed E-state index contributed by atoms with van der Waals surface area (Å²) < 4.78 is 1.87. The molecule has 0 fully saturated rings. The molecule has 0 amide bonds. The second-order valence-corrected chi connectivity index (χ2v) is 2.36. The fraction of sp³-hybridized carbons (Fsp3) is 0. The topological polar surface area (TPSA) is 30.2 Å². The predicted molar refractivity (Wildman–Crippen MR) is 40.2 cm³/mol. The summed E-state index contributed by atoms with van der Waals surface area (Å²) in [4.78, 5) is 7.92. The van der Waals surface area contributed by atoms with Gasteiger partial charge in [-0.05, 0) is 0 Å². The molecular formula is C6H5N3S. The van der Waals surface area contributed by atoms with Crippen LogP contribution in [0.4, 0.5) is 0 Å². The van der Waals surface area contributed by atoms with E-state index in [1.807, 2.05) is 10.6 Å². The first-order valence-electron chi connectivity index (χ1n) is 2.83. The zero-order valence-electron chi connectivity index (χ0n) is 5.10. The van der Waals surface area contributed by atoms with E-state index in [2.05, 4.69) is 22.6 Å². The number of thiol groups is 1. The zero-order chi connectivity index (χ0) is 6.97. The lowest BCUT2D eigenvalue weighted by Crippen LogP contribution is -1.83. The molecule has 2 aromatic heterocycles. The lowest BCUT2D eigenvalue weighted by Gasteiger charge is -1.92. The highest BCUT2D eigenvalue weighted by molar-refractivity contribution is 7.80. The molecular weight excluding hydrogens is 146 g/mol. The van der Waals surface area contributed by atoms with E-state index in [1.54, 1.807) is 18.7 Å². The maximum Gasteiger partial charge on any atom is 0.119 e. The Morgan fingerprint density at radius 1 is 1.50 bits per heavy atom. The first-order valence-corrected chi connectivity index (χ1v) is 3.28. The Balaban J connectivity index is 2.95. The van der Waals surface area contributed by atoms with Crippen LogP contribution in [-0.2, 0) is 0 Å². The summed E-state index contributed by atoms with van der Waals surface area (Å²) in [5.41, 5.74) is 0.936. The minimum atomic E-state index is 0.708. The number of rotatable bonds is 0. The van der Waals surface area contributed by atoms with E-state index in [4.69, 9.17) is 0 Å². The molecule has 0 atom stereocenters. The van der Waals surface area contributed by atoms with Crippen molar-refractivity contribution in [2.45, 2.75) is 5.03 Å². The summed E-state index contributed by atoms with van der Waals surface area (Å²) in [6.07, 6.45) is 6.98. The molecule has 2 aromatic rings. The maximum atomic E-state index is 4.14. The number of nitrogens with zero attached hydrogens (tertiary/aromatic N) is 3. The molecule has 0 saturated carbocycles. The summed E-state index contributed by atoms with van der Waals surface area (Å²) in [5.74, 6) is 0. The third-order valence-corrected chi connectivity index (χ3v) is 1.66. The Morgan fingerprint density at radius 3 is 3.20 bits per heavy atom. The van der Waals surface area contributed by atoms with Crippen LogP contribution in [0.15, 0.2) is 29.9 Å². The van der Waals surface area contributed by atoms with Gasteiger partial charge in [0.15, 0.2) is 0 Å². The molecule has 2 rings (SSSR count). The molecule has 4 heteroatoms. The Hall–Kier alpha value is -1.03. The molecule has 0 aromatic carbocycles. The van der Waals surface area contributed by atoms with Gasteiger partial charge in [-0.15, -0.1) is 12.6 Å². The fourth-order valence-corrected chi connectivity index (χ4v) is 1.08. The van der Waals surface area contributed by atoms with E-state index < -0.39 is 0 Å². The van der Waals surface area contributed by atoms with E-state index in [-0.39, 0.29) is 0 Å². The molecule has 50 valence electrons. The van der Waals surface area contributed by atoms with Gasteiger partial charge < -0.3 is 4.40 Å². The van der Waals surface area contributed by atoms with Gasteiger partial charge in [0.1, 0.15) is 5.03 Å². The number of hydrogen-bond donors (Lipinski definition) is 1. The van der Waals surface area contributed by atoms with Crippen molar-refractivity contribution < 1.29 is 0 Å². The van der Waals surface area contributed by atoms with E-state index in [0.29, 0.717) is 5.03 Å². The van der Waals surface area contributed by atoms with Gasteiger partial charge in [-0.2, -0.15) is 0 Å². The number of fused-ring (bicyclic) bond motifs is 1. The first kappa shape index (κ1) is 5.73. The molecule has 0 N–H and O–H groups in total. The molecule has 0 aliphatic carbocycles. The van der Waals surface area contributed by atoms with Gasteiger partial charge in [0.25, 0.3) is 0 Å². The van der Waals surface area contributed by atoms with Crippen molar-refractivity contribution in [3.8, 4) is 0 Å². The average molecular weight is 151 g/mol. The molecule has 3 nitrogen and oxygen atoms in total. The highest BCUT2D eigenvalue weighted by Gasteiger charge is 1.95. The monoisotopic (exact) mass is 151 g/mol. The van der Waals surface area contributed by atoms with Crippen molar-refractivity contribution in [2.24, 2.45) is 0 Å². The molecule has 10 heavy (non-hydrogen) atoms. The highest BCUT2D eigenvalue weighted by Crippen LogP contribution is 2.09. The van der Waals surface area contributed by atoms with Crippen molar-refractivity contribution >= 4 is 18.1 Å². The van der Waals surface area contributed by atoms with Crippen molar-refractivity contribution in [1.29, 1.82) is 0 Å². The minimum Gasteiger partial charge on any atom is -0.302 e. The third kappa shape index (κ3) is 0.690. The number of imidazole rings is 1. The van der Waals surface area contributed by atoms with Crippen LogP contribution in [0.5, 0.6) is 0 Å². The van der Waals surface area contributed by atoms with Crippen molar-refractivity contribution in [3.05, 3.63) is 24.9 Å². The smallest absolute Gasteiger partial charge is 0.119 e. The van der Waals surface area contributed by atoms with Gasteiger partial charge in [-0.25, -0.2) is 9.97 Å². The molecule has 0 unspecified atom stereocenters. The molecule has 2 heterocycles. The molecule has 0 bridgehead atoms. The van der Waals surface area contributed by atoms with Gasteiger partial charge in [-0.1, -0.05) is 0 Å². The van der Waals surface area contributed by atoms with E-state index in [1.165, 1.54) is 0 Å². The lowest BCUT2D eigenvalue weighted by atomic mass is 10.6. The van der Waals surface area contributed by atoms with Crippen LogP contribution < -0.4 is 0 Å². The SMILES string of the molecule is Sc1nccn2cncc12. The van der Waals surface area contributed by atoms with Gasteiger partial charge >= 0.3 is 0 Å². The van der Waals surface area contributed by atoms with E-state index in [0.717, 1.165) is 5.52 Å². The third-order valence-electron chi connectivity index (χ3n) is 1.32. The van der Waals surface area contributed by atoms with Gasteiger partial charge in [0.05, 0.1) is 18.0 Å². The van der Waals surface area contributed by atoms with E-state index in [9.17, 15) is 0 Å². The molecule has 0 spiro atoms. The minimum absolute atomic E-state index is 0.708.